The minimum absolute atomic E-state index is 0.0727. The van der Waals surface area contributed by atoms with E-state index in [0.717, 1.165) is 32.0 Å². The molecule has 0 spiro atoms. The first-order valence-electron chi connectivity index (χ1n) is 5.87. The maximum atomic E-state index is 10.9. The molecule has 0 aliphatic rings. The van der Waals surface area contributed by atoms with Crippen molar-refractivity contribution in [3.63, 3.8) is 0 Å². The van der Waals surface area contributed by atoms with Crippen LogP contribution in [0.15, 0.2) is 35.4 Å². The number of aldehydes is 1. The quantitative estimate of drug-likeness (QED) is 0.222. The van der Waals surface area contributed by atoms with Gasteiger partial charge >= 0.3 is 0 Å². The van der Waals surface area contributed by atoms with E-state index in [2.05, 4.69) is 10.0 Å². The van der Waals surface area contributed by atoms with Crippen molar-refractivity contribution >= 4 is 6.29 Å². The summed E-state index contributed by atoms with van der Waals surface area (Å²) in [6.07, 6.45) is 4.46. The smallest absolute Gasteiger partial charge is 0.123 e. The summed E-state index contributed by atoms with van der Waals surface area (Å²) < 4.78 is 0. The number of nitrogens with zero attached hydrogens (tertiary/aromatic N) is 3. The zero-order valence-electron chi connectivity index (χ0n) is 9.83. The summed E-state index contributed by atoms with van der Waals surface area (Å²) in [6, 6.07) is 10.0. The Balaban J connectivity index is 2.29. The molecule has 1 atom stereocenters. The molecule has 0 saturated carbocycles. The summed E-state index contributed by atoms with van der Waals surface area (Å²) >= 11 is 0. The van der Waals surface area contributed by atoms with Crippen LogP contribution in [0.1, 0.15) is 24.8 Å². The minimum Gasteiger partial charge on any atom is -0.303 e. The topological polar surface area (TPSA) is 65.8 Å². The highest BCUT2D eigenvalue weighted by atomic mass is 16.1. The van der Waals surface area contributed by atoms with Crippen molar-refractivity contribution in [2.24, 2.45) is 11.0 Å². The molecule has 4 heteroatoms. The summed E-state index contributed by atoms with van der Waals surface area (Å²) in [6.45, 7) is 0.521. The summed E-state index contributed by atoms with van der Waals surface area (Å²) in [4.78, 5) is 13.6. The molecule has 0 saturated heterocycles. The normalized spacial score (nSPS) is 11.5. The number of hydrogen-bond donors (Lipinski definition) is 0. The van der Waals surface area contributed by atoms with E-state index < -0.39 is 0 Å². The van der Waals surface area contributed by atoms with Crippen LogP contribution in [-0.2, 0) is 11.2 Å². The highest BCUT2D eigenvalue weighted by molar-refractivity contribution is 5.54. The second kappa shape index (κ2) is 8.36. The van der Waals surface area contributed by atoms with E-state index in [0.29, 0.717) is 6.54 Å². The van der Waals surface area contributed by atoms with Gasteiger partial charge in [0.25, 0.3) is 0 Å². The molecule has 0 aliphatic heterocycles. The van der Waals surface area contributed by atoms with Crippen LogP contribution in [0, 0.1) is 5.92 Å². The molecule has 17 heavy (non-hydrogen) atoms. The number of carbonyl (C=O) groups is 1. The van der Waals surface area contributed by atoms with Gasteiger partial charge in [-0.25, -0.2) is 0 Å². The highest BCUT2D eigenvalue weighted by Gasteiger charge is 2.07. The fourth-order valence-electron chi connectivity index (χ4n) is 1.77. The average Bonchev–Trinajstić information content (AvgIpc) is 2.38. The van der Waals surface area contributed by atoms with Crippen LogP contribution in [0.2, 0.25) is 0 Å². The van der Waals surface area contributed by atoms with Crippen LogP contribution < -0.4 is 0 Å². The first-order chi connectivity index (χ1) is 8.36. The lowest BCUT2D eigenvalue weighted by Crippen LogP contribution is -2.06. The van der Waals surface area contributed by atoms with Crippen LogP contribution in [0.4, 0.5) is 0 Å². The Morgan fingerprint density at radius 2 is 2.06 bits per heavy atom. The molecule has 0 fully saturated rings. The molecule has 4 nitrogen and oxygen atoms in total. The predicted molar refractivity (Wildman–Crippen MR) is 67.6 cm³/mol. The second-order valence-electron chi connectivity index (χ2n) is 4.04. The third-order valence-corrected chi connectivity index (χ3v) is 2.68. The van der Waals surface area contributed by atoms with Gasteiger partial charge in [-0.05, 0) is 30.4 Å². The molecule has 90 valence electrons. The van der Waals surface area contributed by atoms with Gasteiger partial charge < -0.3 is 4.79 Å². The van der Waals surface area contributed by atoms with Gasteiger partial charge in [-0.1, -0.05) is 41.9 Å². The molecule has 0 aromatic heterocycles. The van der Waals surface area contributed by atoms with E-state index in [4.69, 9.17) is 5.53 Å². The summed E-state index contributed by atoms with van der Waals surface area (Å²) in [5.41, 5.74) is 9.31. The first-order valence-corrected chi connectivity index (χ1v) is 5.87. The Hall–Kier alpha value is -1.80. The maximum absolute atomic E-state index is 10.9. The van der Waals surface area contributed by atoms with Crippen molar-refractivity contribution < 1.29 is 4.79 Å². The second-order valence-corrected chi connectivity index (χ2v) is 4.04. The largest absolute Gasteiger partial charge is 0.303 e. The van der Waals surface area contributed by atoms with E-state index in [1.165, 1.54) is 5.56 Å². The van der Waals surface area contributed by atoms with Gasteiger partial charge in [-0.2, -0.15) is 0 Å². The number of benzene rings is 1. The molecular weight excluding hydrogens is 214 g/mol. The molecule has 0 radical (unpaired) electrons. The van der Waals surface area contributed by atoms with E-state index in [-0.39, 0.29) is 5.92 Å². The monoisotopic (exact) mass is 231 g/mol. The molecule has 1 aromatic carbocycles. The Morgan fingerprint density at radius 3 is 2.71 bits per heavy atom. The van der Waals surface area contributed by atoms with Gasteiger partial charge in [0.1, 0.15) is 6.29 Å². The molecule has 0 amide bonds. The van der Waals surface area contributed by atoms with Gasteiger partial charge in [0.2, 0.25) is 0 Å². The average molecular weight is 231 g/mol. The summed E-state index contributed by atoms with van der Waals surface area (Å²) in [5, 5.41) is 3.47. The molecular formula is C13H17N3O. The van der Waals surface area contributed by atoms with Crippen LogP contribution >= 0.6 is 0 Å². The van der Waals surface area contributed by atoms with Crippen molar-refractivity contribution in [3.05, 3.63) is 46.3 Å². The zero-order valence-corrected chi connectivity index (χ0v) is 9.83. The maximum Gasteiger partial charge on any atom is 0.123 e. The Morgan fingerprint density at radius 1 is 1.29 bits per heavy atom. The fraction of sp³-hybridized carbons (Fsp3) is 0.462. The lowest BCUT2D eigenvalue weighted by Gasteiger charge is -2.09. The van der Waals surface area contributed by atoms with Crippen molar-refractivity contribution in [2.75, 3.05) is 6.54 Å². The molecule has 1 aromatic rings. The number of carbonyl (C=O) groups excluding carboxylic acids is 1. The minimum atomic E-state index is 0.0727. The van der Waals surface area contributed by atoms with Crippen LogP contribution in [-0.4, -0.2) is 12.8 Å². The van der Waals surface area contributed by atoms with Gasteiger partial charge in [-0.15, -0.1) is 0 Å². The SMILES string of the molecule is [N-]=[N+]=NCCCCC(C=O)Cc1ccccc1. The van der Waals surface area contributed by atoms with Gasteiger partial charge in [-0.3, -0.25) is 0 Å². The van der Waals surface area contributed by atoms with E-state index >= 15 is 0 Å². The summed E-state index contributed by atoms with van der Waals surface area (Å²) in [5.74, 6) is 0.0727. The molecule has 0 aliphatic carbocycles. The number of unbranched alkanes of at least 4 members (excludes halogenated alkanes) is 1. The lowest BCUT2D eigenvalue weighted by atomic mass is 9.95. The van der Waals surface area contributed by atoms with Gasteiger partial charge in [0, 0.05) is 17.4 Å². The molecule has 1 unspecified atom stereocenters. The molecule has 0 N–H and O–H groups in total. The Bertz CT molecular complexity index is 372. The van der Waals surface area contributed by atoms with Crippen LogP contribution in [0.25, 0.3) is 10.4 Å². The zero-order chi connectivity index (χ0) is 12.3. The van der Waals surface area contributed by atoms with E-state index in [9.17, 15) is 4.79 Å². The first kappa shape index (κ1) is 13.3. The standard InChI is InChI=1S/C13H17N3O/c14-16-15-9-5-4-8-13(11-17)10-12-6-2-1-3-7-12/h1-3,6-7,11,13H,4-5,8-10H2. The summed E-state index contributed by atoms with van der Waals surface area (Å²) in [7, 11) is 0. The molecule has 0 bridgehead atoms. The number of azide groups is 1. The van der Waals surface area contributed by atoms with E-state index in [1.54, 1.807) is 0 Å². The van der Waals surface area contributed by atoms with Crippen molar-refractivity contribution in [1.29, 1.82) is 0 Å². The van der Waals surface area contributed by atoms with Crippen LogP contribution in [0.3, 0.4) is 0 Å². The van der Waals surface area contributed by atoms with Gasteiger partial charge in [0.05, 0.1) is 0 Å². The molecule has 1 rings (SSSR count). The van der Waals surface area contributed by atoms with Gasteiger partial charge in [0.15, 0.2) is 0 Å². The highest BCUT2D eigenvalue weighted by Crippen LogP contribution is 2.13. The van der Waals surface area contributed by atoms with Crippen molar-refractivity contribution in [1.82, 2.24) is 0 Å². The Kier molecular flexibility index (Phi) is 6.53. The van der Waals surface area contributed by atoms with E-state index in [1.807, 2.05) is 30.3 Å². The predicted octanol–water partition coefficient (Wildman–Crippen LogP) is 3.52. The molecule has 0 heterocycles. The van der Waals surface area contributed by atoms with Crippen LogP contribution in [0.5, 0.6) is 0 Å². The number of hydrogen-bond acceptors (Lipinski definition) is 2. The van der Waals surface area contributed by atoms with Crippen molar-refractivity contribution in [2.45, 2.75) is 25.7 Å². The third kappa shape index (κ3) is 5.73. The number of rotatable bonds is 8. The lowest BCUT2D eigenvalue weighted by molar-refractivity contribution is -0.111. The fourth-order valence-corrected chi connectivity index (χ4v) is 1.77. The Labute approximate surface area is 101 Å². The van der Waals surface area contributed by atoms with Crippen molar-refractivity contribution in [3.8, 4) is 0 Å². The third-order valence-electron chi connectivity index (χ3n) is 2.68.